The third-order valence-electron chi connectivity index (χ3n) is 4.49. The number of carbonyl (C=O) groups excluding carboxylic acids is 3. The molecule has 3 aromatic rings. The lowest BCUT2D eigenvalue weighted by Gasteiger charge is -2.10. The van der Waals surface area contributed by atoms with E-state index >= 15 is 0 Å². The molecule has 148 valence electrons. The molecule has 6 nitrogen and oxygen atoms in total. The number of benzene rings is 3. The molecule has 0 spiro atoms. The van der Waals surface area contributed by atoms with Crippen LogP contribution in [-0.4, -0.2) is 17.7 Å². The normalized spacial score (nSPS) is 10.6. The Morgan fingerprint density at radius 2 is 1.52 bits per heavy atom. The highest BCUT2D eigenvalue weighted by atomic mass is 16.2. The van der Waals surface area contributed by atoms with Crippen LogP contribution in [0.5, 0.6) is 0 Å². The van der Waals surface area contributed by atoms with Crippen molar-refractivity contribution in [2.24, 2.45) is 5.92 Å². The van der Waals surface area contributed by atoms with E-state index in [2.05, 4.69) is 16.2 Å². The zero-order valence-electron chi connectivity index (χ0n) is 16.4. The molecule has 0 aromatic heterocycles. The molecule has 0 atom stereocenters. The monoisotopic (exact) mass is 389 g/mol. The molecule has 0 aliphatic rings. The predicted molar refractivity (Wildman–Crippen MR) is 113 cm³/mol. The Hall–Kier alpha value is -3.67. The first-order valence-corrected chi connectivity index (χ1v) is 9.41. The molecule has 3 amide bonds. The zero-order chi connectivity index (χ0) is 20.8. The highest BCUT2D eigenvalue weighted by Crippen LogP contribution is 2.18. The molecule has 29 heavy (non-hydrogen) atoms. The molecule has 0 aliphatic heterocycles. The van der Waals surface area contributed by atoms with Gasteiger partial charge in [-0.25, -0.2) is 0 Å². The summed E-state index contributed by atoms with van der Waals surface area (Å²) in [5, 5.41) is 4.83. The average Bonchev–Trinajstić information content (AvgIpc) is 2.72. The van der Waals surface area contributed by atoms with E-state index in [-0.39, 0.29) is 24.2 Å². The van der Waals surface area contributed by atoms with Crippen LogP contribution in [0.15, 0.2) is 66.7 Å². The second kappa shape index (κ2) is 9.01. The summed E-state index contributed by atoms with van der Waals surface area (Å²) in [6, 6.07) is 20.1. The van der Waals surface area contributed by atoms with E-state index in [1.54, 1.807) is 38.1 Å². The molecule has 0 saturated carbocycles. The van der Waals surface area contributed by atoms with Gasteiger partial charge in [-0.15, -0.1) is 0 Å². The van der Waals surface area contributed by atoms with Crippen LogP contribution in [0.25, 0.3) is 10.8 Å². The lowest BCUT2D eigenvalue weighted by atomic mass is 10.0. The average molecular weight is 389 g/mol. The van der Waals surface area contributed by atoms with E-state index in [4.69, 9.17) is 0 Å². The number of rotatable bonds is 5. The number of carbonyl (C=O) groups is 3. The van der Waals surface area contributed by atoms with E-state index in [0.29, 0.717) is 11.3 Å². The molecule has 3 rings (SSSR count). The van der Waals surface area contributed by atoms with E-state index in [9.17, 15) is 14.4 Å². The van der Waals surface area contributed by atoms with Gasteiger partial charge in [0.1, 0.15) is 0 Å². The smallest absolute Gasteiger partial charge is 0.269 e. The van der Waals surface area contributed by atoms with E-state index < -0.39 is 5.91 Å². The fourth-order valence-corrected chi connectivity index (χ4v) is 2.85. The zero-order valence-corrected chi connectivity index (χ0v) is 16.4. The van der Waals surface area contributed by atoms with Crippen molar-refractivity contribution in [1.29, 1.82) is 0 Å². The van der Waals surface area contributed by atoms with Crippen molar-refractivity contribution >= 4 is 34.2 Å². The number of hydrazine groups is 1. The Labute approximate surface area is 169 Å². The molecule has 0 unspecified atom stereocenters. The molecule has 0 fully saturated rings. The Morgan fingerprint density at radius 1 is 0.828 bits per heavy atom. The van der Waals surface area contributed by atoms with Crippen LogP contribution >= 0.6 is 0 Å². The van der Waals surface area contributed by atoms with E-state index in [1.807, 2.05) is 42.5 Å². The Kier molecular flexibility index (Phi) is 6.24. The summed E-state index contributed by atoms with van der Waals surface area (Å²) >= 11 is 0. The summed E-state index contributed by atoms with van der Waals surface area (Å²) < 4.78 is 0. The van der Waals surface area contributed by atoms with Gasteiger partial charge in [0.25, 0.3) is 5.91 Å². The number of anilines is 1. The lowest BCUT2D eigenvalue weighted by molar-refractivity contribution is -0.121. The van der Waals surface area contributed by atoms with Gasteiger partial charge in [-0.3, -0.25) is 25.2 Å². The molecule has 0 saturated heterocycles. The second-order valence-electron chi connectivity index (χ2n) is 7.04. The number of fused-ring (bicyclic) bond motifs is 1. The minimum Gasteiger partial charge on any atom is -0.326 e. The second-order valence-corrected chi connectivity index (χ2v) is 7.04. The molecule has 0 heterocycles. The van der Waals surface area contributed by atoms with Crippen molar-refractivity contribution in [2.45, 2.75) is 20.3 Å². The third-order valence-corrected chi connectivity index (χ3v) is 4.49. The largest absolute Gasteiger partial charge is 0.326 e. The van der Waals surface area contributed by atoms with Gasteiger partial charge in [0.05, 0.1) is 6.42 Å². The molecule has 3 N–H and O–H groups in total. The summed E-state index contributed by atoms with van der Waals surface area (Å²) in [7, 11) is 0. The van der Waals surface area contributed by atoms with Crippen molar-refractivity contribution in [2.75, 3.05) is 5.32 Å². The fourth-order valence-electron chi connectivity index (χ4n) is 2.85. The van der Waals surface area contributed by atoms with Crippen LogP contribution in [0, 0.1) is 5.92 Å². The van der Waals surface area contributed by atoms with Crippen LogP contribution in [0.3, 0.4) is 0 Å². The molecule has 3 aromatic carbocycles. The summed E-state index contributed by atoms with van der Waals surface area (Å²) in [4.78, 5) is 36.2. The minimum atomic E-state index is -0.432. The quantitative estimate of drug-likeness (QED) is 0.584. The van der Waals surface area contributed by atoms with Crippen LogP contribution in [0.4, 0.5) is 5.69 Å². The highest BCUT2D eigenvalue weighted by Gasteiger charge is 2.11. The van der Waals surface area contributed by atoms with Crippen LogP contribution < -0.4 is 16.2 Å². The fraction of sp³-hybridized carbons (Fsp3) is 0.174. The molecule has 6 heteroatoms. The van der Waals surface area contributed by atoms with Crippen molar-refractivity contribution in [3.8, 4) is 0 Å². The van der Waals surface area contributed by atoms with Crippen molar-refractivity contribution in [3.05, 3.63) is 77.9 Å². The first-order valence-electron chi connectivity index (χ1n) is 9.41. The molecule has 0 radical (unpaired) electrons. The van der Waals surface area contributed by atoms with Crippen molar-refractivity contribution in [3.63, 3.8) is 0 Å². The van der Waals surface area contributed by atoms with Gasteiger partial charge in [-0.1, -0.05) is 56.3 Å². The maximum Gasteiger partial charge on any atom is 0.269 e. The van der Waals surface area contributed by atoms with E-state index in [1.165, 1.54) is 0 Å². The SMILES string of the molecule is CC(C)C(=O)Nc1ccc(C(=O)NNC(=O)Cc2cccc3ccccc23)cc1. The van der Waals surface area contributed by atoms with Crippen LogP contribution in [-0.2, 0) is 16.0 Å². The van der Waals surface area contributed by atoms with Gasteiger partial charge in [0, 0.05) is 17.2 Å². The topological polar surface area (TPSA) is 87.3 Å². The first kappa shape index (κ1) is 20.1. The molecular formula is C23H23N3O3. The maximum absolute atomic E-state index is 12.3. The number of nitrogens with one attached hydrogen (secondary N) is 3. The summed E-state index contributed by atoms with van der Waals surface area (Å²) in [6.07, 6.45) is 0.155. The molecule has 0 aliphatic carbocycles. The Bertz CT molecular complexity index is 1040. The van der Waals surface area contributed by atoms with Gasteiger partial charge in [0.2, 0.25) is 11.8 Å². The Balaban J connectivity index is 1.56. The van der Waals surface area contributed by atoms with Gasteiger partial charge >= 0.3 is 0 Å². The number of hydrogen-bond acceptors (Lipinski definition) is 3. The summed E-state index contributed by atoms with van der Waals surface area (Å²) in [5.41, 5.74) is 6.74. The summed E-state index contributed by atoms with van der Waals surface area (Å²) in [5.74, 6) is -0.966. The van der Waals surface area contributed by atoms with Crippen molar-refractivity contribution < 1.29 is 14.4 Å². The van der Waals surface area contributed by atoms with Gasteiger partial charge in [0.15, 0.2) is 0 Å². The molecule has 0 bridgehead atoms. The van der Waals surface area contributed by atoms with Crippen LogP contribution in [0.2, 0.25) is 0 Å². The number of hydrogen-bond donors (Lipinski definition) is 3. The standard InChI is InChI=1S/C23H23N3O3/c1-15(2)22(28)24-19-12-10-17(11-13-19)23(29)26-25-21(27)14-18-8-5-7-16-6-3-4-9-20(16)18/h3-13,15H,14H2,1-2H3,(H,24,28)(H,25,27)(H,26,29). The highest BCUT2D eigenvalue weighted by molar-refractivity contribution is 5.97. The van der Waals surface area contributed by atoms with Gasteiger partial charge < -0.3 is 5.32 Å². The first-order chi connectivity index (χ1) is 13.9. The number of amides is 3. The lowest BCUT2D eigenvalue weighted by Crippen LogP contribution is -2.42. The van der Waals surface area contributed by atoms with E-state index in [0.717, 1.165) is 16.3 Å². The Morgan fingerprint density at radius 3 is 2.24 bits per heavy atom. The van der Waals surface area contributed by atoms with Gasteiger partial charge in [-0.05, 0) is 40.6 Å². The maximum atomic E-state index is 12.3. The van der Waals surface area contributed by atoms with Crippen LogP contribution in [0.1, 0.15) is 29.8 Å². The van der Waals surface area contributed by atoms with Crippen molar-refractivity contribution in [1.82, 2.24) is 10.9 Å². The van der Waals surface area contributed by atoms with Gasteiger partial charge in [-0.2, -0.15) is 0 Å². The third kappa shape index (κ3) is 5.19. The molecular weight excluding hydrogens is 366 g/mol. The predicted octanol–water partition coefficient (Wildman–Crippen LogP) is 3.44. The summed E-state index contributed by atoms with van der Waals surface area (Å²) in [6.45, 7) is 3.61. The minimum absolute atomic E-state index is 0.0945.